The highest BCUT2D eigenvalue weighted by atomic mass is 32.2. The number of sulfonamides is 1. The van der Waals surface area contributed by atoms with Crippen LogP contribution in [0.1, 0.15) is 43.0 Å². The van der Waals surface area contributed by atoms with Gasteiger partial charge in [0.1, 0.15) is 6.04 Å². The zero-order chi connectivity index (χ0) is 17.5. The molecule has 2 N–H and O–H groups in total. The van der Waals surface area contributed by atoms with Crippen molar-refractivity contribution in [2.45, 2.75) is 55.6 Å². The molecule has 2 aliphatic carbocycles. The lowest BCUT2D eigenvalue weighted by Crippen LogP contribution is -2.44. The SMILES string of the molecule is CC(C(=O)O)N(C(=O)c1cccc(S(=O)(=O)NC2CC2)c1)C1CC1. The Morgan fingerprint density at radius 2 is 1.92 bits per heavy atom. The molecule has 2 aliphatic rings. The minimum Gasteiger partial charge on any atom is -0.480 e. The molecule has 0 aromatic heterocycles. The Kier molecular flexibility index (Phi) is 4.35. The van der Waals surface area contributed by atoms with Crippen molar-refractivity contribution in [3.8, 4) is 0 Å². The molecular formula is C16H20N2O5S. The molecule has 0 aliphatic heterocycles. The van der Waals surface area contributed by atoms with Crippen molar-refractivity contribution in [1.82, 2.24) is 9.62 Å². The molecule has 130 valence electrons. The molecule has 2 saturated carbocycles. The van der Waals surface area contributed by atoms with Crippen LogP contribution in [0.15, 0.2) is 29.2 Å². The topological polar surface area (TPSA) is 104 Å². The van der Waals surface area contributed by atoms with E-state index in [4.69, 9.17) is 0 Å². The van der Waals surface area contributed by atoms with Crippen LogP contribution >= 0.6 is 0 Å². The number of aliphatic carboxylic acids is 1. The Balaban J connectivity index is 1.86. The first-order valence-electron chi connectivity index (χ1n) is 7.97. The molecule has 0 saturated heterocycles. The van der Waals surface area contributed by atoms with Gasteiger partial charge in [-0.2, -0.15) is 0 Å². The zero-order valence-electron chi connectivity index (χ0n) is 13.3. The van der Waals surface area contributed by atoms with E-state index < -0.39 is 27.9 Å². The van der Waals surface area contributed by atoms with Crippen molar-refractivity contribution in [3.05, 3.63) is 29.8 Å². The van der Waals surface area contributed by atoms with Crippen LogP contribution in [-0.4, -0.2) is 48.4 Å². The van der Waals surface area contributed by atoms with Gasteiger partial charge in [0.2, 0.25) is 10.0 Å². The molecule has 0 bridgehead atoms. The van der Waals surface area contributed by atoms with Crippen LogP contribution in [0.25, 0.3) is 0 Å². The summed E-state index contributed by atoms with van der Waals surface area (Å²) in [5, 5.41) is 9.22. The monoisotopic (exact) mass is 352 g/mol. The molecule has 2 fully saturated rings. The molecule has 3 rings (SSSR count). The highest BCUT2D eigenvalue weighted by Crippen LogP contribution is 2.30. The number of hydrogen-bond acceptors (Lipinski definition) is 4. The van der Waals surface area contributed by atoms with E-state index in [0.29, 0.717) is 0 Å². The second-order valence-corrected chi connectivity index (χ2v) is 8.10. The van der Waals surface area contributed by atoms with Gasteiger partial charge >= 0.3 is 5.97 Å². The summed E-state index contributed by atoms with van der Waals surface area (Å²) in [6.07, 6.45) is 3.18. The lowest BCUT2D eigenvalue weighted by Gasteiger charge is -2.26. The fourth-order valence-electron chi connectivity index (χ4n) is 2.56. The maximum Gasteiger partial charge on any atom is 0.326 e. The van der Waals surface area contributed by atoms with Gasteiger partial charge in [-0.25, -0.2) is 17.9 Å². The van der Waals surface area contributed by atoms with Gasteiger partial charge in [-0.05, 0) is 50.8 Å². The van der Waals surface area contributed by atoms with Crippen molar-refractivity contribution in [2.75, 3.05) is 0 Å². The van der Waals surface area contributed by atoms with Gasteiger partial charge in [-0.15, -0.1) is 0 Å². The summed E-state index contributed by atoms with van der Waals surface area (Å²) >= 11 is 0. The van der Waals surface area contributed by atoms with Gasteiger partial charge in [-0.1, -0.05) is 6.07 Å². The number of carbonyl (C=O) groups is 2. The van der Waals surface area contributed by atoms with Crippen molar-refractivity contribution in [2.24, 2.45) is 0 Å². The molecule has 1 atom stereocenters. The maximum absolute atomic E-state index is 12.7. The molecule has 1 aromatic carbocycles. The van der Waals surface area contributed by atoms with Crippen LogP contribution in [0, 0.1) is 0 Å². The third-order valence-electron chi connectivity index (χ3n) is 4.24. The fraction of sp³-hybridized carbons (Fsp3) is 0.500. The summed E-state index contributed by atoms with van der Waals surface area (Å²) < 4.78 is 27.1. The van der Waals surface area contributed by atoms with Gasteiger partial charge in [-0.3, -0.25) is 4.79 Å². The van der Waals surface area contributed by atoms with Gasteiger partial charge < -0.3 is 10.0 Å². The highest BCUT2D eigenvalue weighted by Gasteiger charge is 2.39. The van der Waals surface area contributed by atoms with Crippen molar-refractivity contribution in [1.29, 1.82) is 0 Å². The standard InChI is InChI=1S/C16H20N2O5S/c1-10(16(20)21)18(13-7-8-13)15(19)11-3-2-4-14(9-11)24(22,23)17-12-5-6-12/h2-4,9-10,12-13,17H,5-8H2,1H3,(H,20,21). The summed E-state index contributed by atoms with van der Waals surface area (Å²) in [7, 11) is -3.66. The van der Waals surface area contributed by atoms with E-state index in [1.807, 2.05) is 0 Å². The Hall–Kier alpha value is -1.93. The molecular weight excluding hydrogens is 332 g/mol. The predicted molar refractivity (Wildman–Crippen MR) is 86.1 cm³/mol. The van der Waals surface area contributed by atoms with Crippen LogP contribution < -0.4 is 4.72 Å². The summed E-state index contributed by atoms with van der Waals surface area (Å²) in [6, 6.07) is 4.71. The summed E-state index contributed by atoms with van der Waals surface area (Å²) in [4.78, 5) is 25.4. The average molecular weight is 352 g/mol. The number of benzene rings is 1. The van der Waals surface area contributed by atoms with Crippen LogP contribution in [0.4, 0.5) is 0 Å². The minimum atomic E-state index is -3.66. The van der Waals surface area contributed by atoms with Crippen LogP contribution in [-0.2, 0) is 14.8 Å². The largest absolute Gasteiger partial charge is 0.480 e. The molecule has 0 spiro atoms. The normalized spacial score (nSPS) is 18.9. The third kappa shape index (κ3) is 3.59. The number of hydrogen-bond donors (Lipinski definition) is 2. The summed E-state index contributed by atoms with van der Waals surface area (Å²) in [5.74, 6) is -1.52. The quantitative estimate of drug-likeness (QED) is 0.767. The van der Waals surface area contributed by atoms with Gasteiger partial charge in [0.15, 0.2) is 0 Å². The Labute approximate surface area is 140 Å². The second kappa shape index (κ2) is 6.18. The number of nitrogens with zero attached hydrogens (tertiary/aromatic N) is 1. The third-order valence-corrected chi connectivity index (χ3v) is 5.76. The van der Waals surface area contributed by atoms with Crippen molar-refractivity contribution in [3.63, 3.8) is 0 Å². The smallest absolute Gasteiger partial charge is 0.326 e. The van der Waals surface area contributed by atoms with Crippen LogP contribution in [0.5, 0.6) is 0 Å². The molecule has 8 heteroatoms. The number of carbonyl (C=O) groups excluding carboxylic acids is 1. The van der Waals surface area contributed by atoms with Gasteiger partial charge in [0, 0.05) is 17.6 Å². The van der Waals surface area contributed by atoms with Crippen LogP contribution in [0.3, 0.4) is 0 Å². The van der Waals surface area contributed by atoms with E-state index in [9.17, 15) is 23.1 Å². The molecule has 1 unspecified atom stereocenters. The number of nitrogens with one attached hydrogen (secondary N) is 1. The highest BCUT2D eigenvalue weighted by molar-refractivity contribution is 7.89. The maximum atomic E-state index is 12.7. The average Bonchev–Trinajstić information content (AvgIpc) is 3.42. The molecule has 1 amide bonds. The fourth-order valence-corrected chi connectivity index (χ4v) is 3.91. The van der Waals surface area contributed by atoms with E-state index >= 15 is 0 Å². The van der Waals surface area contributed by atoms with Gasteiger partial charge in [0.25, 0.3) is 5.91 Å². The first-order valence-corrected chi connectivity index (χ1v) is 9.46. The van der Waals surface area contributed by atoms with E-state index in [-0.39, 0.29) is 22.5 Å². The van der Waals surface area contributed by atoms with Gasteiger partial charge in [0.05, 0.1) is 4.90 Å². The molecule has 7 nitrogen and oxygen atoms in total. The van der Waals surface area contributed by atoms with Crippen molar-refractivity contribution >= 4 is 21.9 Å². The Morgan fingerprint density at radius 1 is 1.25 bits per heavy atom. The number of amides is 1. The lowest BCUT2D eigenvalue weighted by atomic mass is 10.1. The first-order chi connectivity index (χ1) is 11.3. The number of rotatable bonds is 7. The van der Waals surface area contributed by atoms with Crippen LogP contribution in [0.2, 0.25) is 0 Å². The molecule has 1 aromatic rings. The lowest BCUT2D eigenvalue weighted by molar-refractivity contribution is -0.141. The molecule has 0 heterocycles. The number of carboxylic acids is 1. The van der Waals surface area contributed by atoms with E-state index in [0.717, 1.165) is 25.7 Å². The van der Waals surface area contributed by atoms with Crippen molar-refractivity contribution < 1.29 is 23.1 Å². The zero-order valence-corrected chi connectivity index (χ0v) is 14.1. The van der Waals surface area contributed by atoms with E-state index in [1.54, 1.807) is 0 Å². The Bertz CT molecular complexity index is 768. The molecule has 0 radical (unpaired) electrons. The first kappa shape index (κ1) is 16.9. The molecule has 24 heavy (non-hydrogen) atoms. The summed E-state index contributed by atoms with van der Waals surface area (Å²) in [5.41, 5.74) is 0.189. The van der Waals surface area contributed by atoms with E-state index in [1.165, 1.54) is 36.1 Å². The predicted octanol–water partition coefficient (Wildman–Crippen LogP) is 1.21. The summed E-state index contributed by atoms with van der Waals surface area (Å²) in [6.45, 7) is 1.47. The Morgan fingerprint density at radius 3 is 2.46 bits per heavy atom. The second-order valence-electron chi connectivity index (χ2n) is 6.38. The number of carboxylic acid groups (broad SMARTS) is 1. The minimum absolute atomic E-state index is 0.0237. The van der Waals surface area contributed by atoms with E-state index in [2.05, 4.69) is 4.72 Å².